The molecule has 0 unspecified atom stereocenters. The molecule has 22 heavy (non-hydrogen) atoms. The fourth-order valence-electron chi connectivity index (χ4n) is 2.52. The van der Waals surface area contributed by atoms with Crippen molar-refractivity contribution >= 4 is 22.6 Å². The Balaban J connectivity index is 2.35. The highest BCUT2D eigenvalue weighted by Crippen LogP contribution is 2.42. The first kappa shape index (κ1) is 16.6. The molecule has 1 aliphatic rings. The molecule has 118 valence electrons. The molecule has 1 aliphatic carbocycles. The average molecular weight is 317 g/mol. The summed E-state index contributed by atoms with van der Waals surface area (Å²) in [6.07, 6.45) is 2.06. The molecule has 0 fully saturated rings. The molecule has 0 radical (unpaired) electrons. The summed E-state index contributed by atoms with van der Waals surface area (Å²) in [7, 11) is 0. The van der Waals surface area contributed by atoms with Crippen molar-refractivity contribution < 1.29 is 4.79 Å². The van der Waals surface area contributed by atoms with E-state index in [9.17, 15) is 4.79 Å². The zero-order valence-corrected chi connectivity index (χ0v) is 13.9. The number of fused-ring (bicyclic) bond motifs is 1. The van der Waals surface area contributed by atoms with E-state index in [4.69, 9.17) is 11.5 Å². The zero-order chi connectivity index (χ0) is 16.1. The monoisotopic (exact) mass is 317 g/mol. The summed E-state index contributed by atoms with van der Waals surface area (Å²) in [4.78, 5) is 13.5. The second kappa shape index (κ2) is 7.51. The predicted octanol–water partition coefficient (Wildman–Crippen LogP) is 2.36. The third kappa shape index (κ3) is 3.72. The maximum absolute atomic E-state index is 11.8. The number of nitrogens with one attached hydrogen (secondary N) is 1. The quantitative estimate of drug-likeness (QED) is 0.704. The van der Waals surface area contributed by atoms with E-state index in [1.165, 1.54) is 28.5 Å². The summed E-state index contributed by atoms with van der Waals surface area (Å²) in [6.45, 7) is 5.13. The number of carbonyl (C=O) groups is 1. The van der Waals surface area contributed by atoms with E-state index in [1.807, 2.05) is 13.0 Å². The molecule has 1 amide bonds. The van der Waals surface area contributed by atoms with Crippen LogP contribution in [-0.2, 0) is 11.2 Å². The summed E-state index contributed by atoms with van der Waals surface area (Å²) in [5.41, 5.74) is 15.7. The van der Waals surface area contributed by atoms with Crippen molar-refractivity contribution in [3.8, 4) is 0 Å². The molecule has 0 bridgehead atoms. The lowest BCUT2D eigenvalue weighted by Crippen LogP contribution is -2.24. The maximum atomic E-state index is 11.8. The summed E-state index contributed by atoms with van der Waals surface area (Å²) in [5, 5.41) is 3.15. The van der Waals surface area contributed by atoms with Gasteiger partial charge in [-0.3, -0.25) is 4.79 Å². The van der Waals surface area contributed by atoms with Crippen LogP contribution in [-0.4, -0.2) is 19.0 Å². The Bertz CT molecular complexity index is 635. The molecular formula is C17H23N3OS. The van der Waals surface area contributed by atoms with Crippen molar-refractivity contribution in [2.45, 2.75) is 26.7 Å². The standard InChI is InChI=1S/C17H23N3OS/c1-11-7-8-13-5-3-4-6-14(13)15(11)22-16(17(19)21)12(2)20-10-9-18/h3-6,20H,7-10,18H2,1-2H3,(H2,19,21)/b16-12+. The molecule has 5 N–H and O–H groups in total. The van der Waals surface area contributed by atoms with Crippen LogP contribution >= 0.6 is 11.8 Å². The van der Waals surface area contributed by atoms with E-state index in [1.54, 1.807) is 0 Å². The van der Waals surface area contributed by atoms with Crippen LogP contribution in [0.3, 0.4) is 0 Å². The third-order valence-corrected chi connectivity index (χ3v) is 5.21. The summed E-state index contributed by atoms with van der Waals surface area (Å²) in [5.74, 6) is -0.407. The second-order valence-corrected chi connectivity index (χ2v) is 6.42. The fraction of sp³-hybridized carbons (Fsp3) is 0.353. The Morgan fingerprint density at radius 3 is 2.73 bits per heavy atom. The van der Waals surface area contributed by atoms with Gasteiger partial charge in [-0.1, -0.05) is 41.6 Å². The summed E-state index contributed by atoms with van der Waals surface area (Å²) < 4.78 is 0. The summed E-state index contributed by atoms with van der Waals surface area (Å²) in [6, 6.07) is 8.35. The van der Waals surface area contributed by atoms with Crippen molar-refractivity contribution in [1.29, 1.82) is 0 Å². The molecule has 1 aromatic rings. The average Bonchev–Trinajstić information content (AvgIpc) is 2.51. The van der Waals surface area contributed by atoms with Gasteiger partial charge >= 0.3 is 0 Å². The molecule has 4 nitrogen and oxygen atoms in total. The number of carbonyl (C=O) groups excluding carboxylic acids is 1. The maximum Gasteiger partial charge on any atom is 0.257 e. The smallest absolute Gasteiger partial charge is 0.257 e. The van der Waals surface area contributed by atoms with Crippen molar-refractivity contribution in [3.63, 3.8) is 0 Å². The zero-order valence-electron chi connectivity index (χ0n) is 13.1. The first-order valence-electron chi connectivity index (χ1n) is 7.45. The van der Waals surface area contributed by atoms with Gasteiger partial charge in [-0.15, -0.1) is 0 Å². The van der Waals surface area contributed by atoms with Gasteiger partial charge in [0.25, 0.3) is 5.91 Å². The molecule has 0 spiro atoms. The lowest BCUT2D eigenvalue weighted by atomic mass is 9.93. The number of thioether (sulfide) groups is 1. The normalized spacial score (nSPS) is 15.2. The van der Waals surface area contributed by atoms with Gasteiger partial charge in [0.15, 0.2) is 0 Å². The molecule has 0 aliphatic heterocycles. The van der Waals surface area contributed by atoms with Crippen LogP contribution in [0.2, 0.25) is 0 Å². The highest BCUT2D eigenvalue weighted by molar-refractivity contribution is 8.12. The van der Waals surface area contributed by atoms with E-state index < -0.39 is 5.91 Å². The van der Waals surface area contributed by atoms with Crippen LogP contribution in [0.4, 0.5) is 0 Å². The van der Waals surface area contributed by atoms with Crippen LogP contribution in [0.5, 0.6) is 0 Å². The number of benzene rings is 1. The van der Waals surface area contributed by atoms with E-state index in [2.05, 4.69) is 30.4 Å². The van der Waals surface area contributed by atoms with E-state index in [0.29, 0.717) is 18.0 Å². The molecule has 0 atom stereocenters. The van der Waals surface area contributed by atoms with Crippen molar-refractivity contribution in [2.75, 3.05) is 13.1 Å². The highest BCUT2D eigenvalue weighted by atomic mass is 32.2. The number of nitrogens with two attached hydrogens (primary N) is 2. The van der Waals surface area contributed by atoms with Crippen LogP contribution in [0, 0.1) is 0 Å². The Morgan fingerprint density at radius 1 is 1.32 bits per heavy atom. The number of primary amides is 1. The first-order valence-corrected chi connectivity index (χ1v) is 8.26. The lowest BCUT2D eigenvalue weighted by Gasteiger charge is -2.22. The second-order valence-electron chi connectivity index (χ2n) is 5.40. The van der Waals surface area contributed by atoms with E-state index in [-0.39, 0.29) is 0 Å². The van der Waals surface area contributed by atoms with E-state index >= 15 is 0 Å². The number of hydrogen-bond donors (Lipinski definition) is 3. The Morgan fingerprint density at radius 2 is 2.05 bits per heavy atom. The highest BCUT2D eigenvalue weighted by Gasteiger charge is 2.21. The van der Waals surface area contributed by atoms with Gasteiger partial charge in [0, 0.05) is 23.7 Å². The van der Waals surface area contributed by atoms with Crippen LogP contribution in [0.25, 0.3) is 4.91 Å². The lowest BCUT2D eigenvalue weighted by molar-refractivity contribution is -0.113. The molecule has 0 saturated carbocycles. The minimum Gasteiger partial charge on any atom is -0.386 e. The topological polar surface area (TPSA) is 81.1 Å². The van der Waals surface area contributed by atoms with Gasteiger partial charge in [-0.2, -0.15) is 0 Å². The van der Waals surface area contributed by atoms with Crippen molar-refractivity contribution in [1.82, 2.24) is 5.32 Å². The Hall–Kier alpha value is -1.72. The molecule has 0 saturated heterocycles. The number of amides is 1. The van der Waals surface area contributed by atoms with Gasteiger partial charge in [0.05, 0.1) is 4.91 Å². The number of aryl methyl sites for hydroxylation is 1. The molecule has 5 heteroatoms. The number of rotatable bonds is 6. The number of hydrogen-bond acceptors (Lipinski definition) is 4. The van der Waals surface area contributed by atoms with Gasteiger partial charge in [0.2, 0.25) is 0 Å². The molecule has 1 aromatic carbocycles. The van der Waals surface area contributed by atoms with Crippen LogP contribution in [0.1, 0.15) is 31.4 Å². The largest absolute Gasteiger partial charge is 0.386 e. The summed E-state index contributed by atoms with van der Waals surface area (Å²) >= 11 is 1.46. The predicted molar refractivity (Wildman–Crippen MR) is 93.9 cm³/mol. The number of allylic oxidation sites excluding steroid dienone is 2. The van der Waals surface area contributed by atoms with Crippen molar-refractivity contribution in [3.05, 3.63) is 51.6 Å². The van der Waals surface area contributed by atoms with Gasteiger partial charge in [0.1, 0.15) is 0 Å². The van der Waals surface area contributed by atoms with Gasteiger partial charge < -0.3 is 16.8 Å². The molecule has 2 rings (SSSR count). The van der Waals surface area contributed by atoms with Crippen LogP contribution in [0.15, 0.2) is 40.4 Å². The molecule has 0 heterocycles. The minimum absolute atomic E-state index is 0.407. The minimum atomic E-state index is -0.407. The molecule has 0 aromatic heterocycles. The van der Waals surface area contributed by atoms with Gasteiger partial charge in [-0.05, 0) is 37.8 Å². The van der Waals surface area contributed by atoms with Gasteiger partial charge in [-0.25, -0.2) is 0 Å². The Kier molecular flexibility index (Phi) is 5.69. The Labute approximate surface area is 136 Å². The first-order chi connectivity index (χ1) is 10.5. The fourth-order valence-corrected chi connectivity index (χ4v) is 3.64. The van der Waals surface area contributed by atoms with Crippen molar-refractivity contribution in [2.24, 2.45) is 11.5 Å². The third-order valence-electron chi connectivity index (χ3n) is 3.72. The SMILES string of the molecule is CC1=C(S/C(C(N)=O)=C(\C)NCCN)c2ccccc2CC1. The van der Waals surface area contributed by atoms with Crippen LogP contribution < -0.4 is 16.8 Å². The molecular weight excluding hydrogens is 294 g/mol. The van der Waals surface area contributed by atoms with E-state index in [0.717, 1.165) is 23.4 Å².